The average molecular weight is 456 g/mol. The summed E-state index contributed by atoms with van der Waals surface area (Å²) in [6, 6.07) is 4.27. The highest BCUT2D eigenvalue weighted by Crippen LogP contribution is 2.71. The summed E-state index contributed by atoms with van der Waals surface area (Å²) in [6.45, 7) is 3.97. The quantitative estimate of drug-likeness (QED) is 0.525. The molecule has 2 atom stereocenters. The zero-order valence-corrected chi connectivity index (χ0v) is 17.5. The van der Waals surface area contributed by atoms with Crippen molar-refractivity contribution in [3.63, 3.8) is 0 Å². The van der Waals surface area contributed by atoms with Crippen LogP contribution in [0.5, 0.6) is 11.5 Å². The van der Waals surface area contributed by atoms with Gasteiger partial charge in [-0.25, -0.2) is 0 Å². The molecule has 0 spiro atoms. The minimum Gasteiger partial charge on any atom is -0.496 e. The predicted molar refractivity (Wildman–Crippen MR) is 105 cm³/mol. The van der Waals surface area contributed by atoms with E-state index in [1.165, 1.54) is 37.7 Å². The Morgan fingerprint density at radius 1 is 1.04 bits per heavy atom. The zero-order chi connectivity index (χ0) is 17.1. The number of methoxy groups -OCH3 is 2. The van der Waals surface area contributed by atoms with Crippen molar-refractivity contribution in [3.8, 4) is 11.5 Å². The third-order valence-electron chi connectivity index (χ3n) is 6.61. The third kappa shape index (κ3) is 2.18. The molecule has 0 aromatic heterocycles. The van der Waals surface area contributed by atoms with Gasteiger partial charge in [-0.3, -0.25) is 0 Å². The van der Waals surface area contributed by atoms with Crippen LogP contribution in [0, 0.1) is 17.8 Å². The Labute approximate surface area is 161 Å². The molecule has 4 saturated carbocycles. The van der Waals surface area contributed by atoms with Gasteiger partial charge >= 0.3 is 0 Å². The van der Waals surface area contributed by atoms with Crippen LogP contribution in [0.15, 0.2) is 18.7 Å². The van der Waals surface area contributed by atoms with Gasteiger partial charge in [0.1, 0.15) is 11.5 Å². The smallest absolute Gasteiger partial charge is 0.129 e. The van der Waals surface area contributed by atoms with Crippen molar-refractivity contribution >= 4 is 37.9 Å². The Morgan fingerprint density at radius 3 is 2.21 bits per heavy atom. The molecular formula is C20H24Br2O2. The van der Waals surface area contributed by atoms with Crippen molar-refractivity contribution in [1.82, 2.24) is 0 Å². The van der Waals surface area contributed by atoms with Gasteiger partial charge in [-0.2, -0.15) is 0 Å². The number of hydrogen-bond donors (Lipinski definition) is 0. The van der Waals surface area contributed by atoms with Crippen LogP contribution >= 0.6 is 31.9 Å². The fourth-order valence-corrected chi connectivity index (χ4v) is 7.60. The summed E-state index contributed by atoms with van der Waals surface area (Å²) in [5, 5.41) is 0. The summed E-state index contributed by atoms with van der Waals surface area (Å²) < 4.78 is 11.3. The summed E-state index contributed by atoms with van der Waals surface area (Å²) in [7, 11) is 3.46. The molecule has 4 bridgehead atoms. The first-order chi connectivity index (χ1) is 11.4. The highest BCUT2D eigenvalue weighted by Gasteiger charge is 2.65. The second-order valence-electron chi connectivity index (χ2n) is 7.75. The van der Waals surface area contributed by atoms with E-state index in [4.69, 9.17) is 9.47 Å². The molecule has 4 fully saturated rings. The maximum absolute atomic E-state index is 5.81. The van der Waals surface area contributed by atoms with Gasteiger partial charge in [0.2, 0.25) is 0 Å². The lowest BCUT2D eigenvalue weighted by atomic mass is 9.47. The summed E-state index contributed by atoms with van der Waals surface area (Å²) in [5.41, 5.74) is 2.41. The van der Waals surface area contributed by atoms with Gasteiger partial charge in [-0.1, -0.05) is 44.5 Å². The molecule has 4 aliphatic rings. The molecule has 0 heterocycles. The molecular weight excluding hydrogens is 432 g/mol. The van der Waals surface area contributed by atoms with E-state index >= 15 is 0 Å². The van der Waals surface area contributed by atoms with E-state index in [9.17, 15) is 0 Å². The van der Waals surface area contributed by atoms with Gasteiger partial charge in [-0.15, -0.1) is 0 Å². The molecule has 0 aliphatic heterocycles. The van der Waals surface area contributed by atoms with Crippen molar-refractivity contribution in [2.45, 2.75) is 40.8 Å². The van der Waals surface area contributed by atoms with Gasteiger partial charge < -0.3 is 9.47 Å². The Hall–Kier alpha value is -0.480. The van der Waals surface area contributed by atoms with Crippen molar-refractivity contribution in [2.24, 2.45) is 17.8 Å². The highest BCUT2D eigenvalue weighted by molar-refractivity contribution is 9.25. The van der Waals surface area contributed by atoms with Crippen molar-refractivity contribution < 1.29 is 9.47 Å². The first-order valence-corrected chi connectivity index (χ1v) is 10.3. The molecule has 1 aromatic carbocycles. The Kier molecular flexibility index (Phi) is 4.08. The van der Waals surface area contributed by atoms with Crippen LogP contribution in [-0.2, 0) is 5.41 Å². The summed E-state index contributed by atoms with van der Waals surface area (Å²) in [4.78, 5) is 0. The van der Waals surface area contributed by atoms with E-state index in [1.54, 1.807) is 14.2 Å². The largest absolute Gasteiger partial charge is 0.496 e. The molecule has 2 unspecified atom stereocenters. The van der Waals surface area contributed by atoms with Crippen LogP contribution < -0.4 is 9.47 Å². The van der Waals surface area contributed by atoms with E-state index < -0.39 is 0 Å². The molecule has 0 radical (unpaired) electrons. The number of hydrogen-bond acceptors (Lipinski definition) is 2. The molecule has 130 valence electrons. The lowest BCUT2D eigenvalue weighted by Gasteiger charge is -2.64. The second-order valence-corrected chi connectivity index (χ2v) is 11.3. The maximum atomic E-state index is 5.81. The lowest BCUT2D eigenvalue weighted by molar-refractivity contribution is -0.00584. The van der Waals surface area contributed by atoms with Crippen LogP contribution in [-0.4, -0.2) is 17.5 Å². The monoisotopic (exact) mass is 454 g/mol. The van der Waals surface area contributed by atoms with Crippen molar-refractivity contribution in [3.05, 3.63) is 29.8 Å². The van der Waals surface area contributed by atoms with E-state index in [2.05, 4.69) is 44.5 Å². The van der Waals surface area contributed by atoms with E-state index in [0.717, 1.165) is 28.9 Å². The summed E-state index contributed by atoms with van der Waals surface area (Å²) in [6.07, 6.45) is 8.39. The molecule has 1 aromatic rings. The van der Waals surface area contributed by atoms with Gasteiger partial charge in [0.05, 0.1) is 17.5 Å². The fourth-order valence-electron chi connectivity index (χ4n) is 5.78. The first-order valence-electron chi connectivity index (χ1n) is 8.72. The minimum atomic E-state index is -0.0548. The second kappa shape index (κ2) is 5.77. The topological polar surface area (TPSA) is 18.5 Å². The fraction of sp³-hybridized carbons (Fsp3) is 0.600. The molecule has 4 aliphatic carbocycles. The van der Waals surface area contributed by atoms with Crippen LogP contribution in [0.2, 0.25) is 0 Å². The number of halogens is 2. The van der Waals surface area contributed by atoms with E-state index in [0.29, 0.717) is 5.92 Å². The zero-order valence-electron chi connectivity index (χ0n) is 14.3. The Balaban J connectivity index is 1.92. The van der Waals surface area contributed by atoms with Gasteiger partial charge in [0, 0.05) is 22.6 Å². The van der Waals surface area contributed by atoms with E-state index in [1.807, 2.05) is 12.1 Å². The van der Waals surface area contributed by atoms with Gasteiger partial charge in [0.25, 0.3) is 0 Å². The normalized spacial score (nSPS) is 35.8. The van der Waals surface area contributed by atoms with Crippen LogP contribution in [0.3, 0.4) is 0 Å². The molecule has 0 saturated heterocycles. The number of alkyl halides is 2. The van der Waals surface area contributed by atoms with Gasteiger partial charge in [0.15, 0.2) is 0 Å². The lowest BCUT2D eigenvalue weighted by Crippen LogP contribution is -2.61. The summed E-state index contributed by atoms with van der Waals surface area (Å²) in [5.74, 6) is 4.12. The van der Waals surface area contributed by atoms with Crippen LogP contribution in [0.25, 0.3) is 6.08 Å². The SMILES string of the molecule is C=Cc1cc(C23CC4CC(CC(C4)C2(Br)Br)C3)c(OC)cc1OC. The number of ether oxygens (including phenoxy) is 2. The first kappa shape index (κ1) is 17.0. The standard InChI is InChI=1S/C20H24Br2O2/c1-4-14-8-16(18(24-3)9-17(14)23-2)19-10-12-5-13(11-19)7-15(6-12)20(19,21)22/h4,8-9,12-13,15H,1,5-7,10-11H2,2-3H3. The summed E-state index contributed by atoms with van der Waals surface area (Å²) >= 11 is 8.25. The maximum Gasteiger partial charge on any atom is 0.129 e. The number of benzene rings is 1. The minimum absolute atomic E-state index is 0.0548. The molecule has 0 N–H and O–H groups in total. The van der Waals surface area contributed by atoms with Crippen LogP contribution in [0.1, 0.15) is 43.2 Å². The molecule has 5 rings (SSSR count). The van der Waals surface area contributed by atoms with Crippen molar-refractivity contribution in [2.75, 3.05) is 14.2 Å². The predicted octanol–water partition coefficient (Wildman–Crippen LogP) is 5.91. The molecule has 24 heavy (non-hydrogen) atoms. The third-order valence-corrected chi connectivity index (χ3v) is 9.43. The van der Waals surface area contributed by atoms with E-state index in [-0.39, 0.29) is 8.65 Å². The van der Waals surface area contributed by atoms with Gasteiger partial charge in [-0.05, 0) is 55.9 Å². The average Bonchev–Trinajstić information content (AvgIpc) is 2.57. The molecule has 0 amide bonds. The highest BCUT2D eigenvalue weighted by atomic mass is 79.9. The van der Waals surface area contributed by atoms with Crippen LogP contribution in [0.4, 0.5) is 0 Å². The van der Waals surface area contributed by atoms with Crippen molar-refractivity contribution in [1.29, 1.82) is 0 Å². The molecule has 4 heteroatoms. The Bertz CT molecular complexity index is 668. The Morgan fingerprint density at radius 2 is 1.67 bits per heavy atom. The molecule has 2 nitrogen and oxygen atoms in total. The number of rotatable bonds is 4.